The molecule has 37 heavy (non-hydrogen) atoms. The quantitative estimate of drug-likeness (QED) is 0.360. The first kappa shape index (κ1) is 26.8. The van der Waals surface area contributed by atoms with Gasteiger partial charge in [-0.3, -0.25) is 19.9 Å². The molecular weight excluding hydrogens is 468 g/mol. The number of hydrogen-bond donors (Lipinski definition) is 1. The van der Waals surface area contributed by atoms with Gasteiger partial charge in [0.15, 0.2) is 0 Å². The predicted octanol–water partition coefficient (Wildman–Crippen LogP) is 5.80. The molecule has 2 heterocycles. The molecule has 8 nitrogen and oxygen atoms in total. The Balaban J connectivity index is 1.52. The van der Waals surface area contributed by atoms with E-state index in [9.17, 15) is 20.0 Å². The lowest BCUT2D eigenvalue weighted by Crippen LogP contribution is -2.46. The van der Waals surface area contributed by atoms with E-state index in [2.05, 4.69) is 29.7 Å². The third-order valence-corrected chi connectivity index (χ3v) is 7.47. The predicted molar refractivity (Wildman–Crippen MR) is 147 cm³/mol. The van der Waals surface area contributed by atoms with Crippen LogP contribution in [-0.4, -0.2) is 64.7 Å². The van der Waals surface area contributed by atoms with Gasteiger partial charge in [0, 0.05) is 31.7 Å². The zero-order valence-electron chi connectivity index (χ0n) is 22.1. The molecule has 1 fully saturated rings. The second-order valence-corrected chi connectivity index (χ2v) is 10.7. The lowest BCUT2D eigenvalue weighted by Gasteiger charge is -2.40. The molecule has 2 aromatic carbocycles. The molecule has 0 aliphatic carbocycles. The highest BCUT2D eigenvalue weighted by Gasteiger charge is 2.30. The first-order chi connectivity index (χ1) is 17.7. The summed E-state index contributed by atoms with van der Waals surface area (Å²) in [5, 5.41) is 22.0. The van der Waals surface area contributed by atoms with Gasteiger partial charge in [-0.2, -0.15) is 0 Å². The third-order valence-electron chi connectivity index (χ3n) is 7.47. The number of nitro groups is 1. The van der Waals surface area contributed by atoms with Crippen molar-refractivity contribution in [2.45, 2.75) is 52.6 Å². The zero-order valence-corrected chi connectivity index (χ0v) is 22.1. The van der Waals surface area contributed by atoms with Crippen molar-refractivity contribution in [1.29, 1.82) is 0 Å². The summed E-state index contributed by atoms with van der Waals surface area (Å²) < 4.78 is 0. The fourth-order valence-electron chi connectivity index (χ4n) is 5.71. The van der Waals surface area contributed by atoms with Gasteiger partial charge in [0.1, 0.15) is 5.69 Å². The summed E-state index contributed by atoms with van der Waals surface area (Å²) in [5.74, 6) is 0.692. The van der Waals surface area contributed by atoms with E-state index in [1.807, 2.05) is 36.4 Å². The normalized spacial score (nSPS) is 17.6. The second kappa shape index (κ2) is 11.9. The summed E-state index contributed by atoms with van der Waals surface area (Å²) in [5.41, 5.74) is 3.22. The van der Waals surface area contributed by atoms with Gasteiger partial charge in [0.2, 0.25) is 0 Å². The molecule has 4 rings (SSSR count). The van der Waals surface area contributed by atoms with Crippen molar-refractivity contribution in [3.8, 4) is 0 Å². The van der Waals surface area contributed by atoms with Gasteiger partial charge in [-0.25, -0.2) is 4.79 Å². The summed E-state index contributed by atoms with van der Waals surface area (Å²) in [6, 6.07) is 13.2. The number of likely N-dealkylation sites (tertiary alicyclic amines) is 1. The second-order valence-electron chi connectivity index (χ2n) is 10.7. The van der Waals surface area contributed by atoms with Crippen molar-refractivity contribution < 1.29 is 14.8 Å². The first-order valence-electron chi connectivity index (χ1n) is 13.2. The van der Waals surface area contributed by atoms with Crippen molar-refractivity contribution in [3.63, 3.8) is 0 Å². The third kappa shape index (κ3) is 6.56. The van der Waals surface area contributed by atoms with Gasteiger partial charge in [0.05, 0.1) is 11.5 Å². The summed E-state index contributed by atoms with van der Waals surface area (Å²) >= 11 is 0. The van der Waals surface area contributed by atoms with Crippen molar-refractivity contribution in [1.82, 2.24) is 9.80 Å². The zero-order chi connectivity index (χ0) is 26.5. The van der Waals surface area contributed by atoms with Crippen LogP contribution >= 0.6 is 0 Å². The molecule has 0 spiro atoms. The Hall–Kier alpha value is -3.23. The van der Waals surface area contributed by atoms with E-state index < -0.39 is 11.0 Å². The fourth-order valence-corrected chi connectivity index (χ4v) is 5.71. The summed E-state index contributed by atoms with van der Waals surface area (Å²) in [6.45, 7) is 11.6. The maximum absolute atomic E-state index is 12.2. The largest absolute Gasteiger partial charge is 0.465 e. The number of nitrogens with zero attached hydrogens (tertiary/aromatic N) is 4. The highest BCUT2D eigenvalue weighted by atomic mass is 16.6. The molecule has 0 radical (unpaired) electrons. The number of rotatable bonds is 8. The van der Waals surface area contributed by atoms with Crippen LogP contribution in [0.1, 0.15) is 49.8 Å². The summed E-state index contributed by atoms with van der Waals surface area (Å²) in [6.07, 6.45) is 4.17. The Kier molecular flexibility index (Phi) is 8.61. The SMILES string of the molecule is Cc1cc(C2=CCN(C3CCN(CC(C)C)CC3)CC2)cc([N+](=O)[O-])c1N(Cc1ccccc1)C(=O)O. The summed E-state index contributed by atoms with van der Waals surface area (Å²) in [7, 11) is 0. The standard InChI is InChI=1S/C29H38N4O4/c1-21(2)19-30-13-11-26(12-14-30)31-15-9-24(10-16-31)25-17-22(3)28(27(18-25)33(36)37)32(29(34)35)20-23-7-5-4-6-8-23/h4-9,17-18,21,26H,10-16,19-20H2,1-3H3,(H,34,35). The van der Waals surface area contributed by atoms with Crippen LogP contribution in [0.3, 0.4) is 0 Å². The molecule has 0 aromatic heterocycles. The Bertz CT molecular complexity index is 1140. The van der Waals surface area contributed by atoms with E-state index in [0.717, 1.165) is 60.7 Å². The van der Waals surface area contributed by atoms with Crippen molar-refractivity contribution in [2.75, 3.05) is 37.6 Å². The molecular formula is C29H38N4O4. The van der Waals surface area contributed by atoms with Crippen LogP contribution in [-0.2, 0) is 6.54 Å². The molecule has 0 atom stereocenters. The van der Waals surface area contributed by atoms with Crippen LogP contribution in [0.2, 0.25) is 0 Å². The number of aryl methyl sites for hydroxylation is 1. The highest BCUT2D eigenvalue weighted by Crippen LogP contribution is 2.37. The van der Waals surface area contributed by atoms with Crippen molar-refractivity contribution in [2.24, 2.45) is 5.92 Å². The maximum atomic E-state index is 12.2. The number of carboxylic acid groups (broad SMARTS) is 1. The van der Waals surface area contributed by atoms with E-state index in [1.54, 1.807) is 13.0 Å². The minimum atomic E-state index is -1.21. The van der Waals surface area contributed by atoms with Crippen molar-refractivity contribution >= 4 is 23.0 Å². The van der Waals surface area contributed by atoms with Gasteiger partial charge in [-0.05, 0) is 73.5 Å². The van der Waals surface area contributed by atoms with E-state index in [-0.39, 0.29) is 17.9 Å². The molecule has 2 aliphatic rings. The molecule has 0 saturated carbocycles. The molecule has 2 aromatic rings. The Morgan fingerprint density at radius 2 is 1.86 bits per heavy atom. The minimum absolute atomic E-state index is 0.0465. The average molecular weight is 507 g/mol. The molecule has 1 N–H and O–H groups in total. The van der Waals surface area contributed by atoms with E-state index in [4.69, 9.17) is 0 Å². The van der Waals surface area contributed by atoms with Crippen LogP contribution in [0.15, 0.2) is 48.5 Å². The van der Waals surface area contributed by atoms with Crippen molar-refractivity contribution in [3.05, 3.63) is 75.3 Å². The lowest BCUT2D eigenvalue weighted by atomic mass is 9.94. The number of amides is 1. The molecule has 1 saturated heterocycles. The molecule has 0 unspecified atom stereocenters. The molecule has 0 bridgehead atoms. The molecule has 198 valence electrons. The van der Waals surface area contributed by atoms with Gasteiger partial charge < -0.3 is 10.0 Å². The van der Waals surface area contributed by atoms with Crippen LogP contribution in [0.5, 0.6) is 0 Å². The van der Waals surface area contributed by atoms with Gasteiger partial charge in [0.25, 0.3) is 5.69 Å². The number of piperidine rings is 1. The van der Waals surface area contributed by atoms with Gasteiger partial charge in [-0.1, -0.05) is 50.3 Å². The minimum Gasteiger partial charge on any atom is -0.465 e. The van der Waals surface area contributed by atoms with Crippen LogP contribution in [0.4, 0.5) is 16.2 Å². The number of benzene rings is 2. The number of anilines is 1. The average Bonchev–Trinajstić information content (AvgIpc) is 2.88. The Morgan fingerprint density at radius 1 is 1.16 bits per heavy atom. The molecule has 2 aliphatic heterocycles. The Labute approximate surface area is 219 Å². The van der Waals surface area contributed by atoms with E-state index in [1.165, 1.54) is 12.8 Å². The van der Waals surface area contributed by atoms with Crippen LogP contribution in [0, 0.1) is 23.0 Å². The fraction of sp³-hybridized carbons (Fsp3) is 0.483. The maximum Gasteiger partial charge on any atom is 0.412 e. The number of hydrogen-bond acceptors (Lipinski definition) is 5. The molecule has 8 heteroatoms. The number of carbonyl (C=O) groups is 1. The number of nitro benzene ring substituents is 1. The Morgan fingerprint density at radius 3 is 2.43 bits per heavy atom. The van der Waals surface area contributed by atoms with E-state index >= 15 is 0 Å². The van der Waals surface area contributed by atoms with Crippen LogP contribution < -0.4 is 4.90 Å². The summed E-state index contributed by atoms with van der Waals surface area (Å²) in [4.78, 5) is 30.0. The highest BCUT2D eigenvalue weighted by molar-refractivity contribution is 5.91. The van der Waals surface area contributed by atoms with E-state index in [0.29, 0.717) is 17.5 Å². The molecule has 1 amide bonds. The smallest absolute Gasteiger partial charge is 0.412 e. The monoisotopic (exact) mass is 506 g/mol. The van der Waals surface area contributed by atoms with Gasteiger partial charge in [-0.15, -0.1) is 0 Å². The first-order valence-corrected chi connectivity index (χ1v) is 13.2. The topological polar surface area (TPSA) is 90.2 Å². The lowest BCUT2D eigenvalue weighted by molar-refractivity contribution is -0.384. The van der Waals surface area contributed by atoms with Crippen LogP contribution in [0.25, 0.3) is 5.57 Å². The van der Waals surface area contributed by atoms with Gasteiger partial charge >= 0.3 is 6.09 Å².